The van der Waals surface area contributed by atoms with E-state index in [4.69, 9.17) is 0 Å². The zero-order valence-electron chi connectivity index (χ0n) is 9.85. The van der Waals surface area contributed by atoms with Crippen LogP contribution in [-0.4, -0.2) is 33.8 Å². The average Bonchev–Trinajstić information content (AvgIpc) is 2.88. The molecule has 2 aromatic rings. The highest BCUT2D eigenvalue weighted by atomic mass is 79.9. The summed E-state index contributed by atoms with van der Waals surface area (Å²) in [5.41, 5.74) is 0.941. The van der Waals surface area contributed by atoms with Crippen LogP contribution in [0, 0.1) is 5.82 Å². The number of benzene rings is 1. The van der Waals surface area contributed by atoms with E-state index < -0.39 is 0 Å². The first-order valence-electron chi connectivity index (χ1n) is 5.54. The third kappa shape index (κ3) is 2.91. The average molecular weight is 314 g/mol. The number of nitrogens with zero attached hydrogens (tertiary/aromatic N) is 4. The van der Waals surface area contributed by atoms with Gasteiger partial charge in [0.05, 0.1) is 10.5 Å². The number of rotatable bonds is 5. The zero-order valence-corrected chi connectivity index (χ0v) is 11.4. The Labute approximate surface area is 113 Å². The standard InChI is InChI=1S/C11H13BrFN5/c1-14-5-4-11(18-16-7-15-17-18)8-2-3-10(13)9(12)6-8/h2-3,6-7,11,14H,4-5H2,1H3. The Hall–Kier alpha value is -1.34. The van der Waals surface area contributed by atoms with Crippen molar-refractivity contribution < 1.29 is 4.39 Å². The number of nitrogens with one attached hydrogen (secondary N) is 1. The lowest BCUT2D eigenvalue weighted by molar-refractivity contribution is 0.421. The van der Waals surface area contributed by atoms with Gasteiger partial charge in [0, 0.05) is 0 Å². The van der Waals surface area contributed by atoms with Crippen LogP contribution in [0.5, 0.6) is 0 Å². The van der Waals surface area contributed by atoms with E-state index in [1.807, 2.05) is 7.05 Å². The van der Waals surface area contributed by atoms with E-state index in [1.165, 1.54) is 17.2 Å². The monoisotopic (exact) mass is 313 g/mol. The Kier molecular flexibility index (Phi) is 4.38. The summed E-state index contributed by atoms with van der Waals surface area (Å²) in [6.07, 6.45) is 2.19. The van der Waals surface area contributed by atoms with E-state index in [2.05, 4.69) is 36.7 Å². The number of halogens is 2. The molecule has 2 rings (SSSR count). The molecule has 5 nitrogen and oxygen atoms in total. The Balaban J connectivity index is 2.30. The van der Waals surface area contributed by atoms with E-state index >= 15 is 0 Å². The van der Waals surface area contributed by atoms with E-state index in [1.54, 1.807) is 12.1 Å². The lowest BCUT2D eigenvalue weighted by atomic mass is 10.0. The summed E-state index contributed by atoms with van der Waals surface area (Å²) in [5, 5.41) is 14.8. The topological polar surface area (TPSA) is 55.6 Å². The summed E-state index contributed by atoms with van der Waals surface area (Å²) in [4.78, 5) is 1.54. The third-order valence-corrected chi connectivity index (χ3v) is 3.25. The smallest absolute Gasteiger partial charge is 0.162 e. The van der Waals surface area contributed by atoms with Gasteiger partial charge < -0.3 is 5.32 Å². The van der Waals surface area contributed by atoms with Gasteiger partial charge in [0.1, 0.15) is 5.82 Å². The van der Waals surface area contributed by atoms with Gasteiger partial charge in [-0.2, -0.15) is 4.80 Å². The second-order valence-electron chi connectivity index (χ2n) is 3.84. The van der Waals surface area contributed by atoms with Crippen LogP contribution in [0.3, 0.4) is 0 Å². The first-order chi connectivity index (χ1) is 8.72. The molecular weight excluding hydrogens is 301 g/mol. The molecule has 0 fully saturated rings. The van der Waals surface area contributed by atoms with Crippen molar-refractivity contribution in [3.8, 4) is 0 Å². The molecule has 96 valence electrons. The first-order valence-corrected chi connectivity index (χ1v) is 6.33. The van der Waals surface area contributed by atoms with Gasteiger partial charge in [0.25, 0.3) is 0 Å². The molecular formula is C11H13BrFN5. The van der Waals surface area contributed by atoms with E-state index in [-0.39, 0.29) is 11.9 Å². The van der Waals surface area contributed by atoms with Crippen LogP contribution in [0.4, 0.5) is 4.39 Å². The lowest BCUT2D eigenvalue weighted by Crippen LogP contribution is -2.20. The molecule has 1 atom stereocenters. The fourth-order valence-electron chi connectivity index (χ4n) is 1.73. The maximum Gasteiger partial charge on any atom is 0.162 e. The number of hydrogen-bond acceptors (Lipinski definition) is 4. The predicted molar refractivity (Wildman–Crippen MR) is 68.6 cm³/mol. The highest BCUT2D eigenvalue weighted by Crippen LogP contribution is 2.24. The molecule has 0 spiro atoms. The van der Waals surface area contributed by atoms with Gasteiger partial charge in [0.2, 0.25) is 0 Å². The van der Waals surface area contributed by atoms with Crippen LogP contribution in [0.1, 0.15) is 18.0 Å². The molecule has 0 saturated heterocycles. The van der Waals surface area contributed by atoms with Crippen LogP contribution < -0.4 is 5.32 Å². The van der Waals surface area contributed by atoms with Gasteiger partial charge >= 0.3 is 0 Å². The predicted octanol–water partition coefficient (Wildman–Crippen LogP) is 1.77. The van der Waals surface area contributed by atoms with Crippen molar-refractivity contribution in [2.45, 2.75) is 12.5 Å². The van der Waals surface area contributed by atoms with E-state index in [0.717, 1.165) is 18.5 Å². The minimum Gasteiger partial charge on any atom is -0.320 e. The molecule has 0 aliphatic carbocycles. The van der Waals surface area contributed by atoms with Crippen molar-refractivity contribution in [1.29, 1.82) is 0 Å². The summed E-state index contributed by atoms with van der Waals surface area (Å²) in [5.74, 6) is -0.280. The van der Waals surface area contributed by atoms with Crippen molar-refractivity contribution in [3.63, 3.8) is 0 Å². The van der Waals surface area contributed by atoms with Crippen LogP contribution >= 0.6 is 15.9 Å². The van der Waals surface area contributed by atoms with Crippen molar-refractivity contribution in [2.75, 3.05) is 13.6 Å². The number of tetrazole rings is 1. The highest BCUT2D eigenvalue weighted by molar-refractivity contribution is 9.10. The molecule has 0 bridgehead atoms. The first kappa shape index (κ1) is 13.1. The largest absolute Gasteiger partial charge is 0.320 e. The number of aromatic nitrogens is 4. The van der Waals surface area contributed by atoms with Gasteiger partial charge in [-0.3, -0.25) is 0 Å². The molecule has 1 N–H and O–H groups in total. The minimum absolute atomic E-state index is 0.0585. The van der Waals surface area contributed by atoms with E-state index in [9.17, 15) is 4.39 Å². The Morgan fingerprint density at radius 3 is 2.94 bits per heavy atom. The summed E-state index contributed by atoms with van der Waals surface area (Å²) in [7, 11) is 1.88. The molecule has 0 aliphatic rings. The van der Waals surface area contributed by atoms with Crippen molar-refractivity contribution >= 4 is 15.9 Å². The lowest BCUT2D eigenvalue weighted by Gasteiger charge is -2.16. The fraction of sp³-hybridized carbons (Fsp3) is 0.364. The normalized spacial score (nSPS) is 12.6. The Morgan fingerprint density at radius 2 is 2.33 bits per heavy atom. The molecule has 1 aromatic heterocycles. The van der Waals surface area contributed by atoms with Crippen molar-refractivity contribution in [2.24, 2.45) is 0 Å². The summed E-state index contributed by atoms with van der Waals surface area (Å²) in [6, 6.07) is 4.86. The summed E-state index contributed by atoms with van der Waals surface area (Å²) < 4.78 is 13.7. The Morgan fingerprint density at radius 1 is 1.50 bits per heavy atom. The SMILES string of the molecule is CNCCC(c1ccc(F)c(Br)c1)n1ncnn1. The highest BCUT2D eigenvalue weighted by Gasteiger charge is 2.16. The quantitative estimate of drug-likeness (QED) is 0.914. The van der Waals surface area contributed by atoms with Crippen molar-refractivity contribution in [3.05, 3.63) is 40.4 Å². The molecule has 1 aromatic carbocycles. The van der Waals surface area contributed by atoms with Crippen LogP contribution in [0.15, 0.2) is 29.0 Å². The zero-order chi connectivity index (χ0) is 13.0. The van der Waals surface area contributed by atoms with Crippen LogP contribution in [0.2, 0.25) is 0 Å². The second kappa shape index (κ2) is 6.01. The maximum absolute atomic E-state index is 13.2. The van der Waals surface area contributed by atoms with Gasteiger partial charge in [0.15, 0.2) is 6.33 Å². The molecule has 1 heterocycles. The number of hydrogen-bond donors (Lipinski definition) is 1. The van der Waals surface area contributed by atoms with Crippen molar-refractivity contribution in [1.82, 2.24) is 25.5 Å². The molecule has 1 unspecified atom stereocenters. The second-order valence-corrected chi connectivity index (χ2v) is 4.69. The maximum atomic E-state index is 13.2. The van der Waals surface area contributed by atoms with Gasteiger partial charge in [-0.1, -0.05) is 6.07 Å². The molecule has 7 heteroatoms. The molecule has 0 aliphatic heterocycles. The van der Waals surface area contributed by atoms with E-state index in [0.29, 0.717) is 4.47 Å². The van der Waals surface area contributed by atoms with Gasteiger partial charge in [-0.25, -0.2) is 4.39 Å². The molecule has 0 saturated carbocycles. The third-order valence-electron chi connectivity index (χ3n) is 2.64. The molecule has 18 heavy (non-hydrogen) atoms. The molecule has 0 amide bonds. The summed E-state index contributed by atoms with van der Waals surface area (Å²) >= 11 is 3.19. The van der Waals surface area contributed by atoms with Crippen LogP contribution in [-0.2, 0) is 0 Å². The summed E-state index contributed by atoms with van der Waals surface area (Å²) in [6.45, 7) is 0.807. The molecule has 0 radical (unpaired) electrons. The van der Waals surface area contributed by atoms with Crippen LogP contribution in [0.25, 0.3) is 0 Å². The van der Waals surface area contributed by atoms with Gasteiger partial charge in [-0.05, 0) is 58.9 Å². The van der Waals surface area contributed by atoms with Gasteiger partial charge in [-0.15, -0.1) is 10.2 Å². The minimum atomic E-state index is -0.280. The fourth-order valence-corrected chi connectivity index (χ4v) is 2.13. The Bertz CT molecular complexity index is 502.